The second-order valence-corrected chi connectivity index (χ2v) is 6.79. The minimum atomic E-state index is -3.86. The van der Waals surface area contributed by atoms with Crippen LogP contribution in [-0.4, -0.2) is 26.5 Å². The van der Waals surface area contributed by atoms with Gasteiger partial charge in [-0.05, 0) is 24.6 Å². The lowest BCUT2D eigenvalue weighted by Crippen LogP contribution is -2.27. The van der Waals surface area contributed by atoms with Gasteiger partial charge in [-0.15, -0.1) is 6.58 Å². The van der Waals surface area contributed by atoms with Gasteiger partial charge in [0.05, 0.1) is 0 Å². The van der Waals surface area contributed by atoms with E-state index in [1.807, 2.05) is 0 Å². The van der Waals surface area contributed by atoms with Crippen LogP contribution < -0.4 is 10.5 Å². The number of benzene rings is 1. The van der Waals surface area contributed by atoms with Gasteiger partial charge in [-0.2, -0.15) is 11.8 Å². The summed E-state index contributed by atoms with van der Waals surface area (Å²) in [5.41, 5.74) is 6.37. The minimum Gasteiger partial charge on any atom is -0.398 e. The van der Waals surface area contributed by atoms with Crippen molar-refractivity contribution >= 4 is 27.5 Å². The molecule has 4 nitrogen and oxygen atoms in total. The predicted molar refractivity (Wildman–Crippen MR) is 78.3 cm³/mol. The van der Waals surface area contributed by atoms with Gasteiger partial charge in [0.15, 0.2) is 0 Å². The van der Waals surface area contributed by atoms with Crippen molar-refractivity contribution in [2.45, 2.75) is 11.8 Å². The Balaban J connectivity index is 2.77. The fraction of sp³-hybridized carbons (Fsp3) is 0.333. The molecular formula is C12H17FN2O2S2. The molecular weight excluding hydrogens is 287 g/mol. The second kappa shape index (κ2) is 6.93. The van der Waals surface area contributed by atoms with Crippen LogP contribution in [0, 0.1) is 12.7 Å². The van der Waals surface area contributed by atoms with E-state index in [0.29, 0.717) is 11.3 Å². The SMILES string of the molecule is C=CCSCCNS(=O)(=O)c1cc(N)c(C)cc1F. The number of aryl methyl sites for hydroxylation is 1. The normalized spacial score (nSPS) is 11.5. The first-order chi connectivity index (χ1) is 8.88. The minimum absolute atomic E-state index is 0.230. The smallest absolute Gasteiger partial charge is 0.243 e. The first-order valence-corrected chi connectivity index (χ1v) is 8.26. The molecule has 0 spiro atoms. The molecule has 0 aliphatic heterocycles. The maximum atomic E-state index is 13.7. The van der Waals surface area contributed by atoms with Crippen LogP contribution in [0.15, 0.2) is 29.7 Å². The predicted octanol–water partition coefficient (Wildman–Crippen LogP) is 1.91. The van der Waals surface area contributed by atoms with Crippen molar-refractivity contribution in [1.29, 1.82) is 0 Å². The molecule has 0 amide bonds. The molecule has 1 aromatic rings. The molecule has 3 N–H and O–H groups in total. The number of thioether (sulfide) groups is 1. The Bertz CT molecular complexity index is 559. The van der Waals surface area contributed by atoms with Crippen LogP contribution >= 0.6 is 11.8 Å². The summed E-state index contributed by atoms with van der Waals surface area (Å²) in [7, 11) is -3.86. The fourth-order valence-electron chi connectivity index (χ4n) is 1.37. The summed E-state index contributed by atoms with van der Waals surface area (Å²) in [4.78, 5) is -0.413. The zero-order valence-electron chi connectivity index (χ0n) is 10.6. The molecule has 0 unspecified atom stereocenters. The number of sulfonamides is 1. The maximum Gasteiger partial charge on any atom is 0.243 e. The van der Waals surface area contributed by atoms with Gasteiger partial charge in [-0.25, -0.2) is 17.5 Å². The first-order valence-electron chi connectivity index (χ1n) is 5.62. The highest BCUT2D eigenvalue weighted by atomic mass is 32.2. The first kappa shape index (κ1) is 16.0. The van der Waals surface area contributed by atoms with E-state index >= 15 is 0 Å². The van der Waals surface area contributed by atoms with Crippen molar-refractivity contribution in [3.8, 4) is 0 Å². The van der Waals surface area contributed by atoms with Crippen LogP contribution in [0.5, 0.6) is 0 Å². The van der Waals surface area contributed by atoms with Crippen LogP contribution in [0.25, 0.3) is 0 Å². The van der Waals surface area contributed by atoms with E-state index in [-0.39, 0.29) is 12.2 Å². The summed E-state index contributed by atoms with van der Waals surface area (Å²) in [5, 5.41) is 0. The standard InChI is InChI=1S/C12H17FN2O2S2/c1-3-5-18-6-4-15-19(16,17)12-8-11(14)9(2)7-10(12)13/h3,7-8,15H,1,4-6,14H2,2H3. The molecule has 1 aromatic carbocycles. The quantitative estimate of drug-likeness (QED) is 0.458. The maximum absolute atomic E-state index is 13.7. The van der Waals surface area contributed by atoms with Crippen molar-refractivity contribution < 1.29 is 12.8 Å². The van der Waals surface area contributed by atoms with Crippen molar-refractivity contribution in [3.63, 3.8) is 0 Å². The molecule has 0 atom stereocenters. The number of nitrogens with two attached hydrogens (primary N) is 1. The van der Waals surface area contributed by atoms with Crippen LogP contribution in [0.2, 0.25) is 0 Å². The molecule has 1 rings (SSSR count). The summed E-state index contributed by atoms with van der Waals surface area (Å²) in [5.74, 6) is 0.542. The van der Waals surface area contributed by atoms with E-state index in [0.717, 1.165) is 17.9 Å². The Morgan fingerprint density at radius 3 is 2.84 bits per heavy atom. The molecule has 0 bridgehead atoms. The van der Waals surface area contributed by atoms with Gasteiger partial charge in [0.1, 0.15) is 10.7 Å². The Kier molecular flexibility index (Phi) is 5.84. The Labute approximate surface area is 117 Å². The van der Waals surface area contributed by atoms with E-state index in [2.05, 4.69) is 11.3 Å². The number of nitrogens with one attached hydrogen (secondary N) is 1. The van der Waals surface area contributed by atoms with E-state index in [9.17, 15) is 12.8 Å². The highest BCUT2D eigenvalue weighted by molar-refractivity contribution is 7.99. The number of hydrogen-bond donors (Lipinski definition) is 2. The van der Waals surface area contributed by atoms with Gasteiger partial charge >= 0.3 is 0 Å². The molecule has 0 fully saturated rings. The molecule has 0 aliphatic rings. The summed E-state index contributed by atoms with van der Waals surface area (Å²) >= 11 is 1.54. The van der Waals surface area contributed by atoms with Crippen molar-refractivity contribution in [2.24, 2.45) is 0 Å². The number of halogens is 1. The van der Waals surface area contributed by atoms with Crippen LogP contribution in [0.4, 0.5) is 10.1 Å². The molecule has 19 heavy (non-hydrogen) atoms. The van der Waals surface area contributed by atoms with E-state index in [1.165, 1.54) is 11.8 Å². The third-order valence-electron chi connectivity index (χ3n) is 2.38. The van der Waals surface area contributed by atoms with E-state index < -0.39 is 20.7 Å². The summed E-state index contributed by atoms with van der Waals surface area (Å²) < 4.78 is 39.8. The molecule has 106 valence electrons. The largest absolute Gasteiger partial charge is 0.398 e. The second-order valence-electron chi connectivity index (χ2n) is 3.90. The number of rotatable bonds is 7. The Morgan fingerprint density at radius 1 is 1.53 bits per heavy atom. The third-order valence-corrected chi connectivity index (χ3v) is 4.82. The lowest BCUT2D eigenvalue weighted by molar-refractivity contribution is 0.558. The number of hydrogen-bond acceptors (Lipinski definition) is 4. The molecule has 0 radical (unpaired) electrons. The van der Waals surface area contributed by atoms with Crippen molar-refractivity contribution in [1.82, 2.24) is 4.72 Å². The van der Waals surface area contributed by atoms with Crippen LogP contribution in [-0.2, 0) is 10.0 Å². The molecule has 0 heterocycles. The third kappa shape index (κ3) is 4.52. The Hall–Kier alpha value is -1.05. The molecule has 0 saturated heterocycles. The van der Waals surface area contributed by atoms with E-state index in [4.69, 9.17) is 5.73 Å². The molecule has 7 heteroatoms. The van der Waals surface area contributed by atoms with Gasteiger partial charge in [0.2, 0.25) is 10.0 Å². The topological polar surface area (TPSA) is 72.2 Å². The highest BCUT2D eigenvalue weighted by Gasteiger charge is 2.19. The monoisotopic (exact) mass is 304 g/mol. The van der Waals surface area contributed by atoms with Gasteiger partial charge in [0.25, 0.3) is 0 Å². The highest BCUT2D eigenvalue weighted by Crippen LogP contribution is 2.21. The van der Waals surface area contributed by atoms with Crippen LogP contribution in [0.1, 0.15) is 5.56 Å². The zero-order valence-corrected chi connectivity index (χ0v) is 12.3. The van der Waals surface area contributed by atoms with Gasteiger partial charge in [-0.1, -0.05) is 6.08 Å². The van der Waals surface area contributed by atoms with Gasteiger partial charge < -0.3 is 5.73 Å². The van der Waals surface area contributed by atoms with Crippen molar-refractivity contribution in [2.75, 3.05) is 23.8 Å². The molecule has 0 aliphatic carbocycles. The lowest BCUT2D eigenvalue weighted by Gasteiger charge is -2.09. The summed E-state index contributed by atoms with van der Waals surface area (Å²) in [6.07, 6.45) is 1.74. The van der Waals surface area contributed by atoms with Gasteiger partial charge in [0, 0.05) is 23.7 Å². The fourth-order valence-corrected chi connectivity index (χ4v) is 3.20. The van der Waals surface area contributed by atoms with Crippen LogP contribution in [0.3, 0.4) is 0 Å². The summed E-state index contributed by atoms with van der Waals surface area (Å²) in [6.45, 7) is 5.41. The number of nitrogen functional groups attached to an aromatic ring is 1. The zero-order chi connectivity index (χ0) is 14.5. The average molecular weight is 304 g/mol. The van der Waals surface area contributed by atoms with Gasteiger partial charge in [-0.3, -0.25) is 0 Å². The summed E-state index contributed by atoms with van der Waals surface area (Å²) in [6, 6.07) is 2.26. The van der Waals surface area contributed by atoms with Crippen molar-refractivity contribution in [3.05, 3.63) is 36.2 Å². The molecule has 0 aromatic heterocycles. The molecule has 0 saturated carbocycles. The Morgan fingerprint density at radius 2 is 2.21 bits per heavy atom. The lowest BCUT2D eigenvalue weighted by atomic mass is 10.2. The van der Waals surface area contributed by atoms with E-state index in [1.54, 1.807) is 13.0 Å². The average Bonchev–Trinajstić information content (AvgIpc) is 2.33. The number of anilines is 1.